The smallest absolute Gasteiger partial charge is 0.233 e. The minimum Gasteiger partial charge on any atom is -0.497 e. The lowest BCUT2D eigenvalue weighted by Gasteiger charge is -2.35. The van der Waals surface area contributed by atoms with E-state index in [9.17, 15) is 13.2 Å². The Labute approximate surface area is 153 Å². The highest BCUT2D eigenvalue weighted by molar-refractivity contribution is 8.00. The number of nitrogens with zero attached hydrogens (tertiary/aromatic N) is 1. The van der Waals surface area contributed by atoms with Gasteiger partial charge in [0.2, 0.25) is 5.91 Å². The van der Waals surface area contributed by atoms with Crippen LogP contribution in [0.5, 0.6) is 5.75 Å². The van der Waals surface area contributed by atoms with Crippen LogP contribution >= 0.6 is 11.8 Å². The topological polar surface area (TPSA) is 68.1 Å². The Morgan fingerprint density at radius 3 is 2.52 bits per heavy atom. The number of hydrogen-bond acceptors (Lipinski definition) is 5. The van der Waals surface area contributed by atoms with Gasteiger partial charge in [0.25, 0.3) is 0 Å². The van der Waals surface area contributed by atoms with E-state index in [1.165, 1.54) is 16.7 Å². The summed E-state index contributed by atoms with van der Waals surface area (Å²) in [6.07, 6.45) is 0.763. The highest BCUT2D eigenvalue weighted by atomic mass is 32.2. The van der Waals surface area contributed by atoms with Gasteiger partial charge in [0.1, 0.15) is 17.5 Å². The van der Waals surface area contributed by atoms with E-state index < -0.39 is 9.84 Å². The van der Waals surface area contributed by atoms with Crippen molar-refractivity contribution in [3.05, 3.63) is 24.3 Å². The van der Waals surface area contributed by atoms with Crippen LogP contribution in [-0.2, 0) is 14.6 Å². The number of ether oxygens (including phenoxy) is 1. The number of benzene rings is 1. The zero-order valence-electron chi connectivity index (χ0n) is 14.4. The third-order valence-corrected chi connectivity index (χ3v) is 7.75. The van der Waals surface area contributed by atoms with Gasteiger partial charge in [0.05, 0.1) is 44.8 Å². The molecule has 1 amide bonds. The maximum atomic E-state index is 12.4. The first-order chi connectivity index (χ1) is 12.0. The standard InChI is InChI=1S/C17H24N2O4S2/c1-23-15-2-4-16(5-3-15)24-12-17(20)19-9-7-18(8-10-19)14-6-11-25(21,22)13-14/h2-5,14H,6-13H2,1H3/p+1/t14-/m0/s1. The molecular formula is C17H25N2O4S2+. The van der Waals surface area contributed by atoms with Gasteiger partial charge < -0.3 is 14.5 Å². The molecule has 0 spiro atoms. The molecule has 2 heterocycles. The van der Waals surface area contributed by atoms with Crippen molar-refractivity contribution in [2.45, 2.75) is 17.4 Å². The third kappa shape index (κ3) is 4.89. The summed E-state index contributed by atoms with van der Waals surface area (Å²) in [5.41, 5.74) is 0. The maximum absolute atomic E-state index is 12.4. The Morgan fingerprint density at radius 1 is 1.28 bits per heavy atom. The number of sulfone groups is 1. The van der Waals surface area contributed by atoms with Crippen LogP contribution in [-0.4, -0.2) is 75.8 Å². The summed E-state index contributed by atoms with van der Waals surface area (Å²) in [6, 6.07) is 7.92. The number of nitrogens with one attached hydrogen (secondary N) is 1. The molecule has 2 aliphatic heterocycles. The molecule has 1 atom stereocenters. The highest BCUT2D eigenvalue weighted by Crippen LogP contribution is 2.21. The first-order valence-corrected chi connectivity index (χ1v) is 11.4. The lowest BCUT2D eigenvalue weighted by atomic mass is 10.2. The molecule has 138 valence electrons. The number of methoxy groups -OCH3 is 1. The normalized spacial score (nSPS) is 23.6. The molecule has 2 aliphatic rings. The Kier molecular flexibility index (Phi) is 5.91. The van der Waals surface area contributed by atoms with Crippen molar-refractivity contribution < 1.29 is 22.8 Å². The molecule has 25 heavy (non-hydrogen) atoms. The van der Waals surface area contributed by atoms with E-state index in [4.69, 9.17) is 4.74 Å². The van der Waals surface area contributed by atoms with E-state index in [2.05, 4.69) is 0 Å². The predicted molar refractivity (Wildman–Crippen MR) is 98.1 cm³/mol. The number of quaternary nitrogens is 1. The molecule has 0 saturated carbocycles. The van der Waals surface area contributed by atoms with Crippen molar-refractivity contribution in [1.29, 1.82) is 0 Å². The monoisotopic (exact) mass is 385 g/mol. The number of thioether (sulfide) groups is 1. The molecule has 0 unspecified atom stereocenters. The van der Waals surface area contributed by atoms with Crippen molar-refractivity contribution in [1.82, 2.24) is 4.90 Å². The molecule has 0 aliphatic carbocycles. The Balaban J connectivity index is 1.43. The fraction of sp³-hybridized carbons (Fsp3) is 0.588. The molecule has 1 aromatic carbocycles. The summed E-state index contributed by atoms with van der Waals surface area (Å²) in [7, 11) is -1.20. The molecule has 1 aromatic rings. The van der Waals surface area contributed by atoms with Crippen molar-refractivity contribution in [3.63, 3.8) is 0 Å². The van der Waals surface area contributed by atoms with Crippen LogP contribution in [0, 0.1) is 0 Å². The number of carbonyl (C=O) groups is 1. The number of piperazine rings is 1. The van der Waals surface area contributed by atoms with Crippen LogP contribution in [0.3, 0.4) is 0 Å². The number of hydrogen-bond donors (Lipinski definition) is 1. The molecule has 0 bridgehead atoms. The summed E-state index contributed by atoms with van der Waals surface area (Å²) < 4.78 is 28.4. The van der Waals surface area contributed by atoms with E-state index >= 15 is 0 Å². The second kappa shape index (κ2) is 7.97. The minimum atomic E-state index is -2.83. The van der Waals surface area contributed by atoms with E-state index in [1.807, 2.05) is 29.2 Å². The average molecular weight is 386 g/mol. The Bertz CT molecular complexity index is 698. The van der Waals surface area contributed by atoms with Gasteiger partial charge in [-0.1, -0.05) is 0 Å². The van der Waals surface area contributed by atoms with Crippen LogP contribution in [0.2, 0.25) is 0 Å². The minimum absolute atomic E-state index is 0.152. The first kappa shape index (κ1) is 18.5. The zero-order valence-corrected chi connectivity index (χ0v) is 16.1. The highest BCUT2D eigenvalue weighted by Gasteiger charge is 2.37. The lowest BCUT2D eigenvalue weighted by molar-refractivity contribution is -0.925. The van der Waals surface area contributed by atoms with Gasteiger partial charge in [-0.15, -0.1) is 11.8 Å². The Morgan fingerprint density at radius 2 is 1.96 bits per heavy atom. The van der Waals surface area contributed by atoms with Gasteiger partial charge in [-0.3, -0.25) is 4.79 Å². The summed E-state index contributed by atoms with van der Waals surface area (Å²) in [4.78, 5) is 16.7. The predicted octanol–water partition coefficient (Wildman–Crippen LogP) is -0.298. The maximum Gasteiger partial charge on any atom is 0.233 e. The number of rotatable bonds is 5. The molecular weight excluding hydrogens is 360 g/mol. The van der Waals surface area contributed by atoms with Crippen LogP contribution in [0.25, 0.3) is 0 Å². The SMILES string of the molecule is COc1ccc(SCC(=O)N2CC[NH+]([C@H]3CCS(=O)(=O)C3)CC2)cc1. The molecule has 6 nitrogen and oxygen atoms in total. The van der Waals surface area contributed by atoms with E-state index in [0.717, 1.165) is 30.2 Å². The van der Waals surface area contributed by atoms with Gasteiger partial charge in [-0.2, -0.15) is 0 Å². The average Bonchev–Trinajstić information content (AvgIpc) is 3.00. The molecule has 3 rings (SSSR count). The Hall–Kier alpha value is -1.25. The third-order valence-electron chi connectivity index (χ3n) is 4.99. The van der Waals surface area contributed by atoms with Crippen molar-refractivity contribution >= 4 is 27.5 Å². The summed E-state index contributed by atoms with van der Waals surface area (Å²) in [5.74, 6) is 2.02. The summed E-state index contributed by atoms with van der Waals surface area (Å²) in [5, 5.41) is 0. The van der Waals surface area contributed by atoms with Crippen LogP contribution in [0.4, 0.5) is 0 Å². The molecule has 0 aromatic heterocycles. The first-order valence-electron chi connectivity index (χ1n) is 8.56. The van der Waals surface area contributed by atoms with Crippen LogP contribution in [0.15, 0.2) is 29.2 Å². The lowest BCUT2D eigenvalue weighted by Crippen LogP contribution is -3.18. The van der Waals surface area contributed by atoms with Gasteiger partial charge in [-0.05, 0) is 24.3 Å². The summed E-state index contributed by atoms with van der Waals surface area (Å²) in [6.45, 7) is 3.13. The van der Waals surface area contributed by atoms with Gasteiger partial charge in [-0.25, -0.2) is 8.42 Å². The zero-order chi connectivity index (χ0) is 17.9. The van der Waals surface area contributed by atoms with Crippen LogP contribution < -0.4 is 9.64 Å². The molecule has 1 N–H and O–H groups in total. The molecule has 8 heteroatoms. The molecule has 2 fully saturated rings. The van der Waals surface area contributed by atoms with Crippen LogP contribution in [0.1, 0.15) is 6.42 Å². The van der Waals surface area contributed by atoms with E-state index in [1.54, 1.807) is 7.11 Å². The van der Waals surface area contributed by atoms with Crippen molar-refractivity contribution in [2.75, 3.05) is 50.5 Å². The second-order valence-corrected chi connectivity index (χ2v) is 9.88. The summed E-state index contributed by atoms with van der Waals surface area (Å²) >= 11 is 1.53. The van der Waals surface area contributed by atoms with Gasteiger partial charge in [0.15, 0.2) is 9.84 Å². The van der Waals surface area contributed by atoms with Crippen molar-refractivity contribution in [3.8, 4) is 5.75 Å². The number of carbonyl (C=O) groups excluding carboxylic acids is 1. The fourth-order valence-corrected chi connectivity index (χ4v) is 6.10. The number of amides is 1. The van der Waals surface area contributed by atoms with Gasteiger partial charge in [0, 0.05) is 11.3 Å². The van der Waals surface area contributed by atoms with Crippen molar-refractivity contribution in [2.24, 2.45) is 0 Å². The largest absolute Gasteiger partial charge is 0.497 e. The molecule has 2 saturated heterocycles. The van der Waals surface area contributed by atoms with E-state index in [-0.39, 0.29) is 11.9 Å². The quantitative estimate of drug-likeness (QED) is 0.705. The van der Waals surface area contributed by atoms with E-state index in [0.29, 0.717) is 30.3 Å². The fourth-order valence-electron chi connectivity index (χ4n) is 3.48. The van der Waals surface area contributed by atoms with Gasteiger partial charge >= 0.3 is 0 Å². The second-order valence-electron chi connectivity index (χ2n) is 6.60. The molecule has 0 radical (unpaired) electrons.